The second-order valence-corrected chi connectivity index (χ2v) is 10.4. The molecular weight excluding hydrogens is 588 g/mol. The molecule has 2 N–H and O–H groups in total. The third-order valence-electron chi connectivity index (χ3n) is 5.76. The molecule has 0 heterocycles. The second-order valence-electron chi connectivity index (χ2n) is 8.27. The molecule has 13 heteroatoms. The number of benzene rings is 4. The predicted molar refractivity (Wildman–Crippen MR) is 149 cm³/mol. The van der Waals surface area contributed by atoms with Crippen molar-refractivity contribution < 1.29 is 57.2 Å². The number of hydrogen-bond acceptors (Lipinski definition) is 7. The molecule has 40 heavy (non-hydrogen) atoms. The summed E-state index contributed by atoms with van der Waals surface area (Å²) in [6.07, 6.45) is 0.349. The van der Waals surface area contributed by atoms with Crippen molar-refractivity contribution in [1.82, 2.24) is 0 Å². The van der Waals surface area contributed by atoms with Gasteiger partial charge in [-0.05, 0) is 54.6 Å². The maximum Gasteiger partial charge on any atom is 1.00 e. The first kappa shape index (κ1) is 31.8. The number of nitrogens with zero attached hydrogens (tertiary/aromatic N) is 2. The van der Waals surface area contributed by atoms with Crippen molar-refractivity contribution in [2.75, 3.05) is 11.9 Å². The molecule has 0 atom stereocenters. The summed E-state index contributed by atoms with van der Waals surface area (Å²) in [4.78, 5) is 12.8. The first-order valence-corrected chi connectivity index (χ1v) is 13.9. The molecule has 0 aromatic heterocycles. The molecule has 4 aromatic carbocycles. The molecule has 0 bridgehead atoms. The number of carbonyl (C=O) groups is 1. The summed E-state index contributed by atoms with van der Waals surface area (Å²) in [5.74, 6) is -1.10. The van der Waals surface area contributed by atoms with Gasteiger partial charge in [-0.3, -0.25) is 9.35 Å². The fraction of sp³-hybridized carbons (Fsp3) is 0.148. The maximum absolute atomic E-state index is 13.5. The van der Waals surface area contributed by atoms with Gasteiger partial charge in [-0.25, -0.2) is 0 Å². The van der Waals surface area contributed by atoms with Crippen LogP contribution < -0.4 is 44.7 Å². The number of rotatable bonds is 8. The summed E-state index contributed by atoms with van der Waals surface area (Å²) in [5.41, 5.74) is 0.316. The van der Waals surface area contributed by atoms with E-state index in [-0.39, 0.29) is 62.2 Å². The minimum atomic E-state index is -4.64. The third-order valence-corrected chi connectivity index (χ3v) is 7.51. The SMILES string of the molecule is CCOc1cccc(Cl)c1NC(=O)c1cc2ccccc2c(N=Nc2cc(CC)c(Cl)c(S(=O)(=O)O)c2)c1[O-].[Na+]. The van der Waals surface area contributed by atoms with E-state index < -0.39 is 26.7 Å². The van der Waals surface area contributed by atoms with Crippen molar-refractivity contribution in [3.8, 4) is 11.5 Å². The van der Waals surface area contributed by atoms with Crippen LogP contribution >= 0.6 is 23.2 Å². The standard InChI is InChI=1S/C27H23Cl2N3O6S.Na/c1-3-15-12-17(14-22(23(15)29)39(35,36)37)31-32-24-18-9-6-5-8-16(18)13-19(26(24)33)27(34)30-25-20(28)10-7-11-21(25)38-4-2;/h5-14,33H,3-4H2,1-2H3,(H,30,34)(H,35,36,37);/q;+1/p-1. The van der Waals surface area contributed by atoms with Gasteiger partial charge in [0.2, 0.25) is 0 Å². The number of ether oxygens (including phenoxy) is 1. The van der Waals surface area contributed by atoms with E-state index in [0.29, 0.717) is 35.1 Å². The van der Waals surface area contributed by atoms with Crippen LogP contribution in [0, 0.1) is 0 Å². The van der Waals surface area contributed by atoms with Gasteiger partial charge >= 0.3 is 29.6 Å². The van der Waals surface area contributed by atoms with Crippen LogP contribution in [0.15, 0.2) is 75.8 Å². The Morgan fingerprint density at radius 1 is 1.05 bits per heavy atom. The van der Waals surface area contributed by atoms with Crippen LogP contribution in [0.2, 0.25) is 10.0 Å². The number of azo groups is 1. The summed E-state index contributed by atoms with van der Waals surface area (Å²) in [6.45, 7) is 3.86. The van der Waals surface area contributed by atoms with Crippen LogP contribution in [0.4, 0.5) is 17.1 Å². The van der Waals surface area contributed by atoms with Gasteiger partial charge in [-0.15, -0.1) is 0 Å². The van der Waals surface area contributed by atoms with Crippen LogP contribution in [0.25, 0.3) is 10.8 Å². The predicted octanol–water partition coefficient (Wildman–Crippen LogP) is 4.10. The van der Waals surface area contributed by atoms with E-state index in [0.717, 1.165) is 6.07 Å². The van der Waals surface area contributed by atoms with Crippen LogP contribution in [-0.4, -0.2) is 25.5 Å². The average Bonchev–Trinajstić information content (AvgIpc) is 2.89. The number of nitrogens with one attached hydrogen (secondary N) is 1. The van der Waals surface area contributed by atoms with Crippen molar-refractivity contribution >= 4 is 67.1 Å². The Morgan fingerprint density at radius 3 is 2.45 bits per heavy atom. The van der Waals surface area contributed by atoms with Gasteiger partial charge in [0, 0.05) is 10.9 Å². The number of amides is 1. The van der Waals surface area contributed by atoms with E-state index in [1.165, 1.54) is 12.1 Å². The molecule has 0 aliphatic rings. The number of halogens is 2. The maximum atomic E-state index is 13.5. The van der Waals surface area contributed by atoms with Crippen LogP contribution in [0.5, 0.6) is 11.5 Å². The number of carbonyl (C=O) groups excluding carboxylic acids is 1. The zero-order chi connectivity index (χ0) is 28.3. The largest absolute Gasteiger partial charge is 1.00 e. The molecule has 0 radical (unpaired) electrons. The third kappa shape index (κ3) is 6.77. The summed E-state index contributed by atoms with van der Waals surface area (Å²) >= 11 is 12.4. The summed E-state index contributed by atoms with van der Waals surface area (Å²) in [5, 5.41) is 25.4. The molecule has 9 nitrogen and oxygen atoms in total. The van der Waals surface area contributed by atoms with Crippen molar-refractivity contribution in [3.05, 3.63) is 81.8 Å². The Labute approximate surface area is 263 Å². The van der Waals surface area contributed by atoms with E-state index in [4.69, 9.17) is 27.9 Å². The van der Waals surface area contributed by atoms with Gasteiger partial charge in [0.05, 0.1) is 28.0 Å². The zero-order valence-corrected chi connectivity index (χ0v) is 26.1. The Morgan fingerprint density at radius 2 is 1.77 bits per heavy atom. The van der Waals surface area contributed by atoms with Crippen LogP contribution in [0.1, 0.15) is 29.8 Å². The molecule has 4 rings (SSSR count). The fourth-order valence-corrected chi connectivity index (χ4v) is 5.29. The number of para-hydroxylation sites is 1. The number of fused-ring (bicyclic) bond motifs is 1. The van der Waals surface area contributed by atoms with Gasteiger partial charge in [0.15, 0.2) is 0 Å². The van der Waals surface area contributed by atoms with Crippen molar-refractivity contribution in [2.24, 2.45) is 10.2 Å². The van der Waals surface area contributed by atoms with E-state index in [2.05, 4.69) is 15.5 Å². The molecule has 202 valence electrons. The van der Waals surface area contributed by atoms with Crippen LogP contribution in [-0.2, 0) is 16.5 Å². The Kier molecular flexibility index (Phi) is 10.6. The molecule has 0 aliphatic heterocycles. The van der Waals surface area contributed by atoms with Gasteiger partial charge < -0.3 is 15.2 Å². The van der Waals surface area contributed by atoms with Gasteiger partial charge in [0.1, 0.15) is 16.3 Å². The summed E-state index contributed by atoms with van der Waals surface area (Å²) < 4.78 is 38.8. The minimum absolute atomic E-state index is 0. The molecule has 1 amide bonds. The molecule has 0 fully saturated rings. The molecule has 0 saturated heterocycles. The quantitative estimate of drug-likeness (QED) is 0.175. The average molecular weight is 610 g/mol. The molecular formula is C27H22Cl2N3NaO6S. The smallest absolute Gasteiger partial charge is 0.870 e. The Balaban J connectivity index is 0.00000441. The molecule has 4 aromatic rings. The second kappa shape index (κ2) is 13.3. The molecule has 0 unspecified atom stereocenters. The zero-order valence-electron chi connectivity index (χ0n) is 21.7. The summed E-state index contributed by atoms with van der Waals surface area (Å²) in [6, 6.07) is 15.7. The topological polar surface area (TPSA) is 140 Å². The summed E-state index contributed by atoms with van der Waals surface area (Å²) in [7, 11) is -4.64. The van der Waals surface area contributed by atoms with E-state index >= 15 is 0 Å². The van der Waals surface area contributed by atoms with Gasteiger partial charge in [-0.2, -0.15) is 18.6 Å². The molecule has 0 spiro atoms. The molecule has 0 saturated carbocycles. The Bertz CT molecular complexity index is 1730. The van der Waals surface area contributed by atoms with E-state index in [1.54, 1.807) is 56.3 Å². The molecule has 0 aliphatic carbocycles. The van der Waals surface area contributed by atoms with Crippen molar-refractivity contribution in [2.45, 2.75) is 25.2 Å². The number of aryl methyl sites for hydroxylation is 1. The van der Waals surface area contributed by atoms with E-state index in [1.807, 2.05) is 0 Å². The van der Waals surface area contributed by atoms with Gasteiger partial charge in [-0.1, -0.05) is 66.2 Å². The number of anilines is 1. The monoisotopic (exact) mass is 609 g/mol. The van der Waals surface area contributed by atoms with Crippen molar-refractivity contribution in [3.63, 3.8) is 0 Å². The van der Waals surface area contributed by atoms with Crippen LogP contribution in [0.3, 0.4) is 0 Å². The Hall–Kier alpha value is -2.70. The van der Waals surface area contributed by atoms with Crippen molar-refractivity contribution in [1.29, 1.82) is 0 Å². The first-order valence-electron chi connectivity index (χ1n) is 11.7. The first-order chi connectivity index (χ1) is 18.5. The minimum Gasteiger partial charge on any atom is -0.870 e. The van der Waals surface area contributed by atoms with Gasteiger partial charge in [0.25, 0.3) is 16.0 Å². The normalized spacial score (nSPS) is 11.4. The number of hydrogen-bond donors (Lipinski definition) is 2. The van der Waals surface area contributed by atoms with E-state index in [9.17, 15) is 22.9 Å². The fourth-order valence-electron chi connectivity index (χ4n) is 3.91.